The van der Waals surface area contributed by atoms with Gasteiger partial charge in [0.15, 0.2) is 0 Å². The number of rotatable bonds is 4. The molecule has 2 N–H and O–H groups in total. The van der Waals surface area contributed by atoms with E-state index >= 15 is 0 Å². The van der Waals surface area contributed by atoms with Crippen LogP contribution in [-0.2, 0) is 16.1 Å². The molecule has 1 heterocycles. The maximum absolute atomic E-state index is 12.2. The number of nitrogens with zero attached hydrogens (tertiary/aromatic N) is 1. The minimum atomic E-state index is -0.926. The number of halogens is 1. The van der Waals surface area contributed by atoms with Crippen molar-refractivity contribution in [2.45, 2.75) is 45.4 Å². The highest BCUT2D eigenvalue weighted by Crippen LogP contribution is 2.22. The number of ether oxygens (including phenoxy) is 1. The van der Waals surface area contributed by atoms with E-state index in [0.29, 0.717) is 24.5 Å². The van der Waals surface area contributed by atoms with Crippen molar-refractivity contribution in [2.75, 3.05) is 13.1 Å². The summed E-state index contributed by atoms with van der Waals surface area (Å²) in [6.45, 7) is 6.44. The van der Waals surface area contributed by atoms with Crippen molar-refractivity contribution >= 4 is 23.7 Å². The first-order chi connectivity index (χ1) is 11.7. The Morgan fingerprint density at radius 3 is 2.64 bits per heavy atom. The van der Waals surface area contributed by atoms with E-state index in [1.807, 2.05) is 18.2 Å². The fourth-order valence-corrected chi connectivity index (χ4v) is 3.02. The van der Waals surface area contributed by atoms with E-state index < -0.39 is 23.6 Å². The van der Waals surface area contributed by atoms with Crippen molar-refractivity contribution < 1.29 is 19.4 Å². The number of carbonyl (C=O) groups excluding carboxylic acids is 1. The first-order valence-electron chi connectivity index (χ1n) is 8.35. The standard InChI is InChI=1S/C18H25ClN2O4/c1-18(2,3)25-17(24)21-9-8-15(13(11-21)16(22)23)20-10-12-6-4-5-7-14(12)19/h4-7,13,15,20H,8-11H2,1-3H3,(H,22,23)/t13-,15-/m0/s1. The lowest BCUT2D eigenvalue weighted by Gasteiger charge is -2.37. The second kappa shape index (κ2) is 8.06. The van der Waals surface area contributed by atoms with Gasteiger partial charge in [0.1, 0.15) is 5.60 Å². The molecule has 0 spiro atoms. The fraction of sp³-hybridized carbons (Fsp3) is 0.556. The Hall–Kier alpha value is -1.79. The van der Waals surface area contributed by atoms with Gasteiger partial charge in [-0.15, -0.1) is 0 Å². The lowest BCUT2D eigenvalue weighted by Crippen LogP contribution is -2.54. The Morgan fingerprint density at radius 1 is 1.36 bits per heavy atom. The molecule has 1 aromatic rings. The lowest BCUT2D eigenvalue weighted by atomic mass is 9.92. The minimum absolute atomic E-state index is 0.129. The number of hydrogen-bond acceptors (Lipinski definition) is 4. The summed E-state index contributed by atoms with van der Waals surface area (Å²) in [7, 11) is 0. The molecule has 1 aliphatic rings. The number of piperidine rings is 1. The number of hydrogen-bond donors (Lipinski definition) is 2. The Morgan fingerprint density at radius 2 is 2.04 bits per heavy atom. The molecule has 2 rings (SSSR count). The Kier molecular flexibility index (Phi) is 6.30. The van der Waals surface area contributed by atoms with E-state index in [1.54, 1.807) is 26.8 Å². The Balaban J connectivity index is 1.98. The molecule has 0 bridgehead atoms. The van der Waals surface area contributed by atoms with Crippen LogP contribution in [0.25, 0.3) is 0 Å². The van der Waals surface area contributed by atoms with Gasteiger partial charge in [-0.05, 0) is 38.8 Å². The van der Waals surface area contributed by atoms with Crippen LogP contribution < -0.4 is 5.32 Å². The van der Waals surface area contributed by atoms with Crippen LogP contribution >= 0.6 is 11.6 Å². The molecule has 1 aromatic carbocycles. The quantitative estimate of drug-likeness (QED) is 0.853. The van der Waals surface area contributed by atoms with E-state index in [0.717, 1.165) is 5.56 Å². The summed E-state index contributed by atoms with van der Waals surface area (Å²) in [5.41, 5.74) is 0.317. The van der Waals surface area contributed by atoms with Crippen LogP contribution in [0.2, 0.25) is 5.02 Å². The number of likely N-dealkylation sites (tertiary alicyclic amines) is 1. The third kappa shape index (κ3) is 5.61. The lowest BCUT2D eigenvalue weighted by molar-refractivity contribution is -0.144. The monoisotopic (exact) mass is 368 g/mol. The highest BCUT2D eigenvalue weighted by molar-refractivity contribution is 6.31. The maximum Gasteiger partial charge on any atom is 0.410 e. The van der Waals surface area contributed by atoms with E-state index in [1.165, 1.54) is 4.90 Å². The molecule has 0 aromatic heterocycles. The van der Waals surface area contributed by atoms with E-state index in [9.17, 15) is 14.7 Å². The number of carboxylic acids is 1. The molecule has 0 aliphatic carbocycles. The molecule has 7 heteroatoms. The normalized spacial score (nSPS) is 21.0. The molecule has 0 radical (unpaired) electrons. The fourth-order valence-electron chi connectivity index (χ4n) is 2.82. The molecule has 1 saturated heterocycles. The maximum atomic E-state index is 12.2. The van der Waals surface area contributed by atoms with Gasteiger partial charge >= 0.3 is 12.1 Å². The van der Waals surface area contributed by atoms with Gasteiger partial charge in [0.2, 0.25) is 0 Å². The average molecular weight is 369 g/mol. The van der Waals surface area contributed by atoms with Crippen LogP contribution in [0.3, 0.4) is 0 Å². The van der Waals surface area contributed by atoms with Crippen LogP contribution in [0.15, 0.2) is 24.3 Å². The van der Waals surface area contributed by atoms with Crippen molar-refractivity contribution in [2.24, 2.45) is 5.92 Å². The molecule has 138 valence electrons. The zero-order valence-corrected chi connectivity index (χ0v) is 15.5. The van der Waals surface area contributed by atoms with Gasteiger partial charge in [0, 0.05) is 30.7 Å². The van der Waals surface area contributed by atoms with Crippen LogP contribution in [0.1, 0.15) is 32.8 Å². The minimum Gasteiger partial charge on any atom is -0.481 e. The highest BCUT2D eigenvalue weighted by Gasteiger charge is 2.37. The van der Waals surface area contributed by atoms with Crippen molar-refractivity contribution in [1.29, 1.82) is 0 Å². The topological polar surface area (TPSA) is 78.9 Å². The molecule has 1 aliphatic heterocycles. The summed E-state index contributed by atoms with van der Waals surface area (Å²) in [4.78, 5) is 25.3. The molecule has 0 saturated carbocycles. The van der Waals surface area contributed by atoms with Crippen LogP contribution in [0.5, 0.6) is 0 Å². The molecular formula is C18H25ClN2O4. The molecule has 25 heavy (non-hydrogen) atoms. The molecule has 6 nitrogen and oxygen atoms in total. The number of benzene rings is 1. The molecule has 1 fully saturated rings. The third-order valence-corrected chi connectivity index (χ3v) is 4.46. The summed E-state index contributed by atoms with van der Waals surface area (Å²) < 4.78 is 5.34. The van der Waals surface area contributed by atoms with Gasteiger partial charge in [-0.3, -0.25) is 4.79 Å². The van der Waals surface area contributed by atoms with Gasteiger partial charge in [-0.1, -0.05) is 29.8 Å². The van der Waals surface area contributed by atoms with Crippen molar-refractivity contribution in [3.63, 3.8) is 0 Å². The van der Waals surface area contributed by atoms with Gasteiger partial charge in [-0.25, -0.2) is 4.79 Å². The van der Waals surface area contributed by atoms with Gasteiger partial charge < -0.3 is 20.1 Å². The summed E-state index contributed by atoms with van der Waals surface area (Å²) in [5, 5.41) is 13.5. The molecule has 2 atom stereocenters. The summed E-state index contributed by atoms with van der Waals surface area (Å²) in [6, 6.07) is 7.22. The van der Waals surface area contributed by atoms with Crippen molar-refractivity contribution in [3.8, 4) is 0 Å². The first kappa shape index (κ1) is 19.5. The first-order valence-corrected chi connectivity index (χ1v) is 8.72. The number of carbonyl (C=O) groups is 2. The molecular weight excluding hydrogens is 344 g/mol. The molecule has 1 amide bonds. The Labute approximate surface area is 153 Å². The van der Waals surface area contributed by atoms with Crippen LogP contribution in [0.4, 0.5) is 4.79 Å². The summed E-state index contributed by atoms with van der Waals surface area (Å²) >= 11 is 6.14. The summed E-state index contributed by atoms with van der Waals surface area (Å²) in [5.74, 6) is -1.62. The van der Waals surface area contributed by atoms with E-state index in [-0.39, 0.29) is 12.6 Å². The Bertz CT molecular complexity index is 630. The largest absolute Gasteiger partial charge is 0.481 e. The third-order valence-electron chi connectivity index (χ3n) is 4.09. The second-order valence-electron chi connectivity index (χ2n) is 7.24. The van der Waals surface area contributed by atoms with Crippen LogP contribution in [0, 0.1) is 5.92 Å². The van der Waals surface area contributed by atoms with E-state index in [2.05, 4.69) is 5.32 Å². The van der Waals surface area contributed by atoms with E-state index in [4.69, 9.17) is 16.3 Å². The number of nitrogens with one attached hydrogen (secondary N) is 1. The average Bonchev–Trinajstić information content (AvgIpc) is 2.52. The smallest absolute Gasteiger partial charge is 0.410 e. The van der Waals surface area contributed by atoms with Crippen molar-refractivity contribution in [1.82, 2.24) is 10.2 Å². The predicted molar refractivity (Wildman–Crippen MR) is 95.6 cm³/mol. The zero-order chi connectivity index (χ0) is 18.6. The highest BCUT2D eigenvalue weighted by atomic mass is 35.5. The zero-order valence-electron chi connectivity index (χ0n) is 14.8. The summed E-state index contributed by atoms with van der Waals surface area (Å²) in [6.07, 6.45) is 0.0732. The SMILES string of the molecule is CC(C)(C)OC(=O)N1CC[C@H](NCc2ccccc2Cl)[C@@H](C(=O)O)C1. The van der Waals surface area contributed by atoms with Crippen LogP contribution in [-0.4, -0.2) is 46.8 Å². The van der Waals surface area contributed by atoms with Gasteiger partial charge in [0.25, 0.3) is 0 Å². The number of amides is 1. The van der Waals surface area contributed by atoms with Crippen molar-refractivity contribution in [3.05, 3.63) is 34.9 Å². The second-order valence-corrected chi connectivity index (χ2v) is 7.65. The number of carboxylic acid groups (broad SMARTS) is 1. The predicted octanol–water partition coefficient (Wildman–Crippen LogP) is 3.14. The van der Waals surface area contributed by atoms with Gasteiger partial charge in [0.05, 0.1) is 5.92 Å². The number of aliphatic carboxylic acids is 1. The van der Waals surface area contributed by atoms with Gasteiger partial charge in [-0.2, -0.15) is 0 Å². The molecule has 0 unspecified atom stereocenters.